The summed E-state index contributed by atoms with van der Waals surface area (Å²) < 4.78 is 7.22. The number of ketones is 1. The van der Waals surface area contributed by atoms with Gasteiger partial charge < -0.3 is 10.5 Å². The fraction of sp³-hybridized carbons (Fsp3) is 0.111. The number of rotatable bonds is 2. The molecule has 0 saturated heterocycles. The van der Waals surface area contributed by atoms with Gasteiger partial charge in [0.25, 0.3) is 0 Å². The predicted octanol–water partition coefficient (Wildman–Crippen LogP) is 2.87. The lowest BCUT2D eigenvalue weighted by atomic mass is 9.88. The number of carbonyl (C=O) groups excluding carboxylic acids is 1. The Morgan fingerprint density at radius 3 is 2.65 bits per heavy atom. The highest BCUT2D eigenvalue weighted by atomic mass is 16.5. The molecule has 0 spiro atoms. The summed E-state index contributed by atoms with van der Waals surface area (Å²) in [5.41, 5.74) is 10.5. The summed E-state index contributed by atoms with van der Waals surface area (Å²) in [5, 5.41) is 4.55. The van der Waals surface area contributed by atoms with Gasteiger partial charge in [0.05, 0.1) is 18.5 Å². The molecule has 1 heterocycles. The van der Waals surface area contributed by atoms with E-state index in [1.54, 1.807) is 19.2 Å². The van der Waals surface area contributed by atoms with Gasteiger partial charge in [-0.05, 0) is 24.3 Å². The number of Topliss-reactive ketones (excluding diaryl/α,β-unsaturated/α-hetero) is 1. The molecule has 0 aliphatic heterocycles. The molecule has 0 unspecified atom stereocenters. The highest BCUT2D eigenvalue weighted by molar-refractivity contribution is 6.08. The molecule has 2 aromatic carbocycles. The topological polar surface area (TPSA) is 70.1 Å². The number of anilines is 1. The first-order valence-electron chi connectivity index (χ1n) is 7.33. The molecule has 0 bridgehead atoms. The number of fused-ring (bicyclic) bond motifs is 3. The zero-order valence-corrected chi connectivity index (χ0v) is 12.6. The normalized spacial score (nSPS) is 12.7. The molecule has 0 saturated carbocycles. The Labute approximate surface area is 133 Å². The molecule has 0 radical (unpaired) electrons. The lowest BCUT2D eigenvalue weighted by Gasteiger charge is -2.18. The van der Waals surface area contributed by atoms with Crippen molar-refractivity contribution in [3.05, 3.63) is 59.7 Å². The number of hydrogen-bond donors (Lipinski definition) is 1. The second kappa shape index (κ2) is 4.98. The molecule has 23 heavy (non-hydrogen) atoms. The second-order valence-corrected chi connectivity index (χ2v) is 5.49. The summed E-state index contributed by atoms with van der Waals surface area (Å²) in [4.78, 5) is 12.5. The minimum atomic E-state index is 0.0331. The third kappa shape index (κ3) is 2.01. The quantitative estimate of drug-likeness (QED) is 0.739. The van der Waals surface area contributed by atoms with Crippen LogP contribution in [0.5, 0.6) is 5.88 Å². The van der Waals surface area contributed by atoms with Crippen molar-refractivity contribution < 1.29 is 9.53 Å². The number of para-hydroxylation sites is 1. The van der Waals surface area contributed by atoms with E-state index in [1.807, 2.05) is 41.1 Å². The lowest BCUT2D eigenvalue weighted by Crippen LogP contribution is -2.14. The molecule has 1 aromatic heterocycles. The van der Waals surface area contributed by atoms with Crippen LogP contribution in [-0.4, -0.2) is 22.7 Å². The van der Waals surface area contributed by atoms with Crippen LogP contribution < -0.4 is 10.5 Å². The molecule has 5 nitrogen and oxygen atoms in total. The second-order valence-electron chi connectivity index (χ2n) is 5.49. The number of nitrogen functional groups attached to an aromatic ring is 1. The standard InChI is InChI=1S/C18H15N3O2/c1-23-18-15-10-16(22)14-9-11(19)7-8-13(14)17(15)21(20-18)12-5-3-2-4-6-12/h2-9H,10,19H2,1H3. The van der Waals surface area contributed by atoms with Gasteiger partial charge in [0.1, 0.15) is 0 Å². The molecule has 114 valence electrons. The average molecular weight is 305 g/mol. The minimum absolute atomic E-state index is 0.0331. The Hall–Kier alpha value is -3.08. The summed E-state index contributed by atoms with van der Waals surface area (Å²) in [6, 6.07) is 15.2. The van der Waals surface area contributed by atoms with Crippen LogP contribution >= 0.6 is 0 Å². The zero-order valence-electron chi connectivity index (χ0n) is 12.6. The third-order valence-corrected chi connectivity index (χ3v) is 4.08. The first kappa shape index (κ1) is 13.6. The molecule has 0 fully saturated rings. The van der Waals surface area contributed by atoms with Gasteiger partial charge in [-0.1, -0.05) is 24.3 Å². The number of ether oxygens (including phenoxy) is 1. The van der Waals surface area contributed by atoms with Crippen molar-refractivity contribution in [1.29, 1.82) is 0 Å². The van der Waals surface area contributed by atoms with Crippen LogP contribution in [0.2, 0.25) is 0 Å². The van der Waals surface area contributed by atoms with Crippen LogP contribution in [0.4, 0.5) is 5.69 Å². The van der Waals surface area contributed by atoms with Crippen LogP contribution in [0.25, 0.3) is 16.9 Å². The number of aromatic nitrogens is 2. The van der Waals surface area contributed by atoms with Crippen molar-refractivity contribution in [2.75, 3.05) is 12.8 Å². The maximum Gasteiger partial charge on any atom is 0.237 e. The summed E-state index contributed by atoms with van der Waals surface area (Å²) in [5.74, 6) is 0.519. The van der Waals surface area contributed by atoms with E-state index in [2.05, 4.69) is 5.10 Å². The highest BCUT2D eigenvalue weighted by Gasteiger charge is 2.31. The van der Waals surface area contributed by atoms with Gasteiger partial charge in [-0.25, -0.2) is 4.68 Å². The van der Waals surface area contributed by atoms with E-state index in [0.29, 0.717) is 17.1 Å². The van der Waals surface area contributed by atoms with Gasteiger partial charge in [-0.15, -0.1) is 5.10 Å². The Balaban J connectivity index is 2.04. The number of nitrogens with two attached hydrogens (primary N) is 1. The average Bonchev–Trinajstić information content (AvgIpc) is 2.94. The van der Waals surface area contributed by atoms with E-state index in [-0.39, 0.29) is 12.2 Å². The summed E-state index contributed by atoms with van der Waals surface area (Å²) in [6.07, 6.45) is 0.266. The number of methoxy groups -OCH3 is 1. The van der Waals surface area contributed by atoms with Gasteiger partial charge in [0, 0.05) is 28.8 Å². The Morgan fingerprint density at radius 1 is 1.13 bits per heavy atom. The molecule has 5 heteroatoms. The summed E-state index contributed by atoms with van der Waals surface area (Å²) in [6.45, 7) is 0. The van der Waals surface area contributed by atoms with Crippen LogP contribution in [-0.2, 0) is 6.42 Å². The first-order valence-corrected chi connectivity index (χ1v) is 7.33. The van der Waals surface area contributed by atoms with Gasteiger partial charge in [-0.3, -0.25) is 4.79 Å². The monoisotopic (exact) mass is 305 g/mol. The molecule has 0 atom stereocenters. The predicted molar refractivity (Wildman–Crippen MR) is 88.0 cm³/mol. The van der Waals surface area contributed by atoms with E-state index in [0.717, 1.165) is 22.5 Å². The number of benzene rings is 2. The maximum atomic E-state index is 12.5. The number of hydrogen-bond acceptors (Lipinski definition) is 4. The molecule has 1 aliphatic carbocycles. The van der Waals surface area contributed by atoms with Gasteiger partial charge in [-0.2, -0.15) is 0 Å². The van der Waals surface area contributed by atoms with Crippen molar-refractivity contribution in [3.8, 4) is 22.8 Å². The van der Waals surface area contributed by atoms with Gasteiger partial charge in [0.2, 0.25) is 5.88 Å². The number of nitrogens with zero attached hydrogens (tertiary/aromatic N) is 2. The first-order chi connectivity index (χ1) is 11.2. The summed E-state index contributed by atoms with van der Waals surface area (Å²) >= 11 is 0. The smallest absolute Gasteiger partial charge is 0.237 e. The van der Waals surface area contributed by atoms with E-state index in [9.17, 15) is 4.79 Å². The Bertz CT molecular complexity index is 914. The van der Waals surface area contributed by atoms with Gasteiger partial charge >= 0.3 is 0 Å². The molecular weight excluding hydrogens is 290 g/mol. The molecule has 2 N–H and O–H groups in total. The zero-order chi connectivity index (χ0) is 16.0. The van der Waals surface area contributed by atoms with E-state index >= 15 is 0 Å². The van der Waals surface area contributed by atoms with Crippen molar-refractivity contribution in [2.24, 2.45) is 0 Å². The number of carbonyl (C=O) groups is 1. The van der Waals surface area contributed by atoms with Crippen molar-refractivity contribution in [1.82, 2.24) is 9.78 Å². The van der Waals surface area contributed by atoms with Crippen LogP contribution in [0.3, 0.4) is 0 Å². The van der Waals surface area contributed by atoms with Crippen LogP contribution in [0, 0.1) is 0 Å². The summed E-state index contributed by atoms with van der Waals surface area (Å²) in [7, 11) is 1.57. The van der Waals surface area contributed by atoms with Crippen molar-refractivity contribution in [3.63, 3.8) is 0 Å². The van der Waals surface area contributed by atoms with Crippen LogP contribution in [0.1, 0.15) is 15.9 Å². The fourth-order valence-corrected chi connectivity index (χ4v) is 3.04. The molecule has 3 aromatic rings. The third-order valence-electron chi connectivity index (χ3n) is 4.08. The van der Waals surface area contributed by atoms with Crippen molar-refractivity contribution in [2.45, 2.75) is 6.42 Å². The van der Waals surface area contributed by atoms with E-state index in [1.165, 1.54) is 0 Å². The van der Waals surface area contributed by atoms with Crippen molar-refractivity contribution >= 4 is 11.5 Å². The molecule has 4 rings (SSSR count). The van der Waals surface area contributed by atoms with Gasteiger partial charge in [0.15, 0.2) is 5.78 Å². The SMILES string of the molecule is COc1nn(-c2ccccc2)c2c1CC(=O)c1cc(N)ccc1-2. The Kier molecular flexibility index (Phi) is 2.94. The minimum Gasteiger partial charge on any atom is -0.480 e. The molecule has 1 aliphatic rings. The molecule has 0 amide bonds. The molecular formula is C18H15N3O2. The van der Waals surface area contributed by atoms with Crippen LogP contribution in [0.15, 0.2) is 48.5 Å². The fourth-order valence-electron chi connectivity index (χ4n) is 3.04. The highest BCUT2D eigenvalue weighted by Crippen LogP contribution is 2.40. The maximum absolute atomic E-state index is 12.5. The Morgan fingerprint density at radius 2 is 1.91 bits per heavy atom. The van der Waals surface area contributed by atoms with E-state index < -0.39 is 0 Å². The van der Waals surface area contributed by atoms with E-state index in [4.69, 9.17) is 10.5 Å². The lowest BCUT2D eigenvalue weighted by molar-refractivity contribution is 0.0991. The largest absolute Gasteiger partial charge is 0.480 e.